The van der Waals surface area contributed by atoms with Crippen LogP contribution in [0.4, 0.5) is 0 Å². The third-order valence-electron chi connectivity index (χ3n) is 4.42. The Kier molecular flexibility index (Phi) is 4.08. The summed E-state index contributed by atoms with van der Waals surface area (Å²) in [4.78, 5) is 16.8. The minimum Gasteiger partial charge on any atom is -0.338 e. The van der Waals surface area contributed by atoms with E-state index in [4.69, 9.17) is 0 Å². The van der Waals surface area contributed by atoms with Gasteiger partial charge in [-0.1, -0.05) is 42.5 Å². The molecule has 0 bridgehead atoms. The average molecular weight is 340 g/mol. The maximum atomic E-state index is 12.4. The predicted octanol–water partition coefficient (Wildman–Crippen LogP) is 3.17. The standard InChI is InChI=1S/C21H16N4O/c22-12-17-14-25(19-9-5-4-8-18(19)21(17)26)15-20-23-10-11-24(20)13-16-6-2-1-3-7-16/h1-11,14H,13,15H2. The van der Waals surface area contributed by atoms with Gasteiger partial charge in [0, 0.05) is 30.5 Å². The van der Waals surface area contributed by atoms with Crippen LogP contribution in [0.2, 0.25) is 0 Å². The van der Waals surface area contributed by atoms with Gasteiger partial charge in [-0.2, -0.15) is 5.26 Å². The van der Waals surface area contributed by atoms with E-state index in [1.54, 1.807) is 18.5 Å². The first-order valence-corrected chi connectivity index (χ1v) is 8.32. The van der Waals surface area contributed by atoms with E-state index in [1.165, 1.54) is 5.56 Å². The second kappa shape index (κ2) is 6.69. The van der Waals surface area contributed by atoms with Gasteiger partial charge in [0.05, 0.1) is 12.1 Å². The molecule has 0 aliphatic rings. The molecule has 2 aromatic heterocycles. The summed E-state index contributed by atoms with van der Waals surface area (Å²) >= 11 is 0. The van der Waals surface area contributed by atoms with Gasteiger partial charge >= 0.3 is 0 Å². The molecule has 0 N–H and O–H groups in total. The predicted molar refractivity (Wildman–Crippen MR) is 99.8 cm³/mol. The Bertz CT molecular complexity index is 1170. The zero-order valence-electron chi connectivity index (χ0n) is 14.0. The Hall–Kier alpha value is -3.65. The van der Waals surface area contributed by atoms with Crippen molar-refractivity contribution in [3.8, 4) is 6.07 Å². The highest BCUT2D eigenvalue weighted by Gasteiger charge is 2.11. The molecule has 0 atom stereocenters. The topological polar surface area (TPSA) is 63.6 Å². The van der Waals surface area contributed by atoms with Crippen molar-refractivity contribution in [1.29, 1.82) is 5.26 Å². The van der Waals surface area contributed by atoms with Crippen LogP contribution in [0.1, 0.15) is 17.0 Å². The molecule has 0 saturated heterocycles. The highest BCUT2D eigenvalue weighted by molar-refractivity contribution is 5.80. The van der Waals surface area contributed by atoms with E-state index in [2.05, 4.69) is 21.7 Å². The molecule has 0 aliphatic carbocycles. The van der Waals surface area contributed by atoms with Crippen molar-refractivity contribution in [2.75, 3.05) is 0 Å². The summed E-state index contributed by atoms with van der Waals surface area (Å²) in [6.07, 6.45) is 5.33. The number of aromatic nitrogens is 3. The quantitative estimate of drug-likeness (QED) is 0.573. The molecule has 0 unspecified atom stereocenters. The van der Waals surface area contributed by atoms with Crippen LogP contribution in [0, 0.1) is 11.3 Å². The lowest BCUT2D eigenvalue weighted by atomic mass is 10.1. The van der Waals surface area contributed by atoms with E-state index < -0.39 is 0 Å². The molecule has 5 nitrogen and oxygen atoms in total. The Balaban J connectivity index is 1.75. The van der Waals surface area contributed by atoms with Crippen molar-refractivity contribution in [1.82, 2.24) is 14.1 Å². The van der Waals surface area contributed by atoms with Gasteiger partial charge in [0.1, 0.15) is 17.5 Å². The number of nitriles is 1. The zero-order valence-corrected chi connectivity index (χ0v) is 14.0. The lowest BCUT2D eigenvalue weighted by molar-refractivity contribution is 0.675. The van der Waals surface area contributed by atoms with Gasteiger partial charge in [0.25, 0.3) is 0 Å². The van der Waals surface area contributed by atoms with Gasteiger partial charge in [-0.3, -0.25) is 4.79 Å². The van der Waals surface area contributed by atoms with Crippen molar-refractivity contribution >= 4 is 10.9 Å². The van der Waals surface area contributed by atoms with Crippen LogP contribution in [0.3, 0.4) is 0 Å². The highest BCUT2D eigenvalue weighted by Crippen LogP contribution is 2.14. The molecular formula is C21H16N4O. The third kappa shape index (κ3) is 2.89. The fourth-order valence-electron chi connectivity index (χ4n) is 3.12. The molecule has 2 aromatic carbocycles. The molecule has 0 amide bonds. The number of hydrogen-bond donors (Lipinski definition) is 0. The SMILES string of the molecule is N#Cc1cn(Cc2nccn2Cc2ccccc2)c2ccccc2c1=O. The molecule has 0 spiro atoms. The molecule has 0 aliphatic heterocycles. The van der Waals surface area contributed by atoms with Gasteiger partial charge in [-0.05, 0) is 17.7 Å². The molecule has 0 radical (unpaired) electrons. The second-order valence-corrected chi connectivity index (χ2v) is 6.09. The number of benzene rings is 2. The molecule has 126 valence electrons. The maximum absolute atomic E-state index is 12.4. The molecule has 26 heavy (non-hydrogen) atoms. The van der Waals surface area contributed by atoms with Crippen LogP contribution >= 0.6 is 0 Å². The van der Waals surface area contributed by atoms with Crippen molar-refractivity contribution in [2.24, 2.45) is 0 Å². The van der Waals surface area contributed by atoms with Crippen LogP contribution < -0.4 is 5.43 Å². The van der Waals surface area contributed by atoms with Crippen LogP contribution in [0.5, 0.6) is 0 Å². The summed E-state index contributed by atoms with van der Waals surface area (Å²) in [5, 5.41) is 9.84. The molecular weight excluding hydrogens is 324 g/mol. The summed E-state index contributed by atoms with van der Waals surface area (Å²) in [7, 11) is 0. The Morgan fingerprint density at radius 2 is 1.73 bits per heavy atom. The number of fused-ring (bicyclic) bond motifs is 1. The van der Waals surface area contributed by atoms with Crippen molar-refractivity contribution in [3.63, 3.8) is 0 Å². The van der Waals surface area contributed by atoms with Crippen LogP contribution in [-0.4, -0.2) is 14.1 Å². The summed E-state index contributed by atoms with van der Waals surface area (Å²) in [6, 6.07) is 19.5. The van der Waals surface area contributed by atoms with E-state index in [1.807, 2.05) is 53.2 Å². The molecule has 4 rings (SSSR count). The molecule has 0 saturated carbocycles. The van der Waals surface area contributed by atoms with Crippen molar-refractivity contribution < 1.29 is 0 Å². The Labute approximate surface area is 150 Å². The summed E-state index contributed by atoms with van der Waals surface area (Å²) in [5.41, 5.74) is 1.90. The van der Waals surface area contributed by atoms with Crippen LogP contribution in [0.15, 0.2) is 78.0 Å². The summed E-state index contributed by atoms with van der Waals surface area (Å²) in [6.45, 7) is 1.20. The molecule has 0 fully saturated rings. The Morgan fingerprint density at radius 1 is 0.962 bits per heavy atom. The summed E-state index contributed by atoms with van der Waals surface area (Å²) < 4.78 is 3.99. The number of nitrogens with zero attached hydrogens (tertiary/aromatic N) is 4. The number of para-hydroxylation sites is 1. The lowest BCUT2D eigenvalue weighted by Crippen LogP contribution is -2.15. The van der Waals surface area contributed by atoms with E-state index >= 15 is 0 Å². The van der Waals surface area contributed by atoms with E-state index in [0.717, 1.165) is 17.9 Å². The number of imidazole rings is 1. The van der Waals surface area contributed by atoms with E-state index in [9.17, 15) is 10.1 Å². The summed E-state index contributed by atoms with van der Waals surface area (Å²) in [5.74, 6) is 0.867. The van der Waals surface area contributed by atoms with Gasteiger partial charge in [-0.25, -0.2) is 4.98 Å². The first-order valence-electron chi connectivity index (χ1n) is 8.32. The second-order valence-electron chi connectivity index (χ2n) is 6.09. The van der Waals surface area contributed by atoms with Gasteiger partial charge in [0.2, 0.25) is 5.43 Å². The van der Waals surface area contributed by atoms with Gasteiger partial charge in [0.15, 0.2) is 0 Å². The minimum atomic E-state index is -0.230. The maximum Gasteiger partial charge on any atom is 0.207 e. The van der Waals surface area contributed by atoms with Crippen molar-refractivity contribution in [2.45, 2.75) is 13.1 Å². The highest BCUT2D eigenvalue weighted by atomic mass is 16.1. The first kappa shape index (κ1) is 15.9. The van der Waals surface area contributed by atoms with Crippen LogP contribution in [0.25, 0.3) is 10.9 Å². The van der Waals surface area contributed by atoms with E-state index in [0.29, 0.717) is 11.9 Å². The fourth-order valence-corrected chi connectivity index (χ4v) is 3.12. The van der Waals surface area contributed by atoms with Crippen LogP contribution in [-0.2, 0) is 13.1 Å². The Morgan fingerprint density at radius 3 is 2.54 bits per heavy atom. The lowest BCUT2D eigenvalue weighted by Gasteiger charge is -2.13. The molecule has 2 heterocycles. The van der Waals surface area contributed by atoms with Crippen molar-refractivity contribution in [3.05, 3.63) is 100 Å². The minimum absolute atomic E-state index is 0.143. The van der Waals surface area contributed by atoms with E-state index in [-0.39, 0.29) is 11.0 Å². The van der Waals surface area contributed by atoms with Gasteiger partial charge < -0.3 is 9.13 Å². The number of pyridine rings is 1. The number of hydrogen-bond acceptors (Lipinski definition) is 3. The molecule has 4 aromatic rings. The van der Waals surface area contributed by atoms with Gasteiger partial charge in [-0.15, -0.1) is 0 Å². The largest absolute Gasteiger partial charge is 0.338 e. The normalized spacial score (nSPS) is 10.7. The third-order valence-corrected chi connectivity index (χ3v) is 4.42. The monoisotopic (exact) mass is 340 g/mol. The molecule has 5 heteroatoms. The number of rotatable bonds is 4. The zero-order chi connectivity index (χ0) is 17.9. The first-order chi connectivity index (χ1) is 12.8. The fraction of sp³-hybridized carbons (Fsp3) is 0.0952. The smallest absolute Gasteiger partial charge is 0.207 e. The average Bonchev–Trinajstić information content (AvgIpc) is 3.11.